The SMILES string of the molecule is COC(=O)C(C)C(C)NC1CC1. The van der Waals surface area contributed by atoms with Crippen molar-refractivity contribution in [3.63, 3.8) is 0 Å². The Balaban J connectivity index is 2.28. The van der Waals surface area contributed by atoms with Crippen LogP contribution in [0, 0.1) is 5.92 Å². The van der Waals surface area contributed by atoms with Crippen LogP contribution in [0.2, 0.25) is 0 Å². The first-order valence-electron chi connectivity index (χ1n) is 4.49. The van der Waals surface area contributed by atoms with E-state index >= 15 is 0 Å². The summed E-state index contributed by atoms with van der Waals surface area (Å²) >= 11 is 0. The second kappa shape index (κ2) is 3.90. The molecular weight excluding hydrogens is 154 g/mol. The van der Waals surface area contributed by atoms with E-state index in [9.17, 15) is 4.79 Å². The van der Waals surface area contributed by atoms with E-state index in [1.165, 1.54) is 20.0 Å². The fourth-order valence-electron chi connectivity index (χ4n) is 1.16. The molecule has 2 atom stereocenters. The summed E-state index contributed by atoms with van der Waals surface area (Å²) in [5, 5.41) is 3.37. The van der Waals surface area contributed by atoms with E-state index in [0.29, 0.717) is 6.04 Å². The highest BCUT2D eigenvalue weighted by Gasteiger charge is 2.27. The third-order valence-corrected chi connectivity index (χ3v) is 2.40. The zero-order chi connectivity index (χ0) is 9.14. The van der Waals surface area contributed by atoms with E-state index in [1.807, 2.05) is 13.8 Å². The van der Waals surface area contributed by atoms with Gasteiger partial charge in [-0.15, -0.1) is 0 Å². The number of nitrogens with one attached hydrogen (secondary N) is 1. The van der Waals surface area contributed by atoms with Gasteiger partial charge < -0.3 is 10.1 Å². The van der Waals surface area contributed by atoms with E-state index < -0.39 is 0 Å². The van der Waals surface area contributed by atoms with Gasteiger partial charge in [-0.25, -0.2) is 0 Å². The molecule has 1 saturated carbocycles. The molecule has 1 aliphatic rings. The molecule has 70 valence electrons. The molecule has 1 N–H and O–H groups in total. The van der Waals surface area contributed by atoms with Crippen LogP contribution in [0.1, 0.15) is 26.7 Å². The Kier molecular flexibility index (Phi) is 3.09. The first-order valence-corrected chi connectivity index (χ1v) is 4.49. The summed E-state index contributed by atoms with van der Waals surface area (Å²) in [4.78, 5) is 11.1. The van der Waals surface area contributed by atoms with Crippen molar-refractivity contribution in [1.82, 2.24) is 5.32 Å². The van der Waals surface area contributed by atoms with Gasteiger partial charge >= 0.3 is 5.97 Å². The molecule has 2 unspecified atom stereocenters. The van der Waals surface area contributed by atoms with Crippen molar-refractivity contribution in [2.75, 3.05) is 7.11 Å². The summed E-state index contributed by atoms with van der Waals surface area (Å²) < 4.78 is 4.66. The van der Waals surface area contributed by atoms with Crippen LogP contribution in [0.3, 0.4) is 0 Å². The van der Waals surface area contributed by atoms with E-state index in [0.717, 1.165) is 0 Å². The molecule has 1 aliphatic carbocycles. The van der Waals surface area contributed by atoms with Gasteiger partial charge in [0.1, 0.15) is 0 Å². The van der Waals surface area contributed by atoms with Crippen LogP contribution in [0.4, 0.5) is 0 Å². The van der Waals surface area contributed by atoms with Crippen molar-refractivity contribution in [1.29, 1.82) is 0 Å². The molecule has 0 aromatic heterocycles. The minimum atomic E-state index is -0.129. The normalized spacial score (nSPS) is 21.6. The fraction of sp³-hybridized carbons (Fsp3) is 0.889. The zero-order valence-electron chi connectivity index (χ0n) is 7.96. The van der Waals surface area contributed by atoms with E-state index in [4.69, 9.17) is 0 Å². The summed E-state index contributed by atoms with van der Waals surface area (Å²) in [6.45, 7) is 3.92. The summed E-state index contributed by atoms with van der Waals surface area (Å²) in [5.74, 6) is -0.175. The maximum atomic E-state index is 11.1. The first-order chi connectivity index (χ1) is 5.65. The molecule has 0 aromatic carbocycles. The van der Waals surface area contributed by atoms with Crippen LogP contribution in [-0.4, -0.2) is 25.2 Å². The number of ether oxygens (including phenoxy) is 1. The second-order valence-corrected chi connectivity index (χ2v) is 3.54. The third kappa shape index (κ3) is 2.48. The van der Waals surface area contributed by atoms with E-state index in [-0.39, 0.29) is 17.9 Å². The molecule has 3 nitrogen and oxygen atoms in total. The quantitative estimate of drug-likeness (QED) is 0.640. The van der Waals surface area contributed by atoms with Gasteiger partial charge in [0.05, 0.1) is 13.0 Å². The van der Waals surface area contributed by atoms with Crippen molar-refractivity contribution < 1.29 is 9.53 Å². The number of rotatable bonds is 4. The van der Waals surface area contributed by atoms with Gasteiger partial charge in [0, 0.05) is 12.1 Å². The topological polar surface area (TPSA) is 38.3 Å². The van der Waals surface area contributed by atoms with Crippen molar-refractivity contribution in [2.24, 2.45) is 5.92 Å². The predicted molar refractivity (Wildman–Crippen MR) is 46.8 cm³/mol. The highest BCUT2D eigenvalue weighted by atomic mass is 16.5. The number of carbonyl (C=O) groups excluding carboxylic acids is 1. The summed E-state index contributed by atoms with van der Waals surface area (Å²) in [6, 6.07) is 0.872. The van der Waals surface area contributed by atoms with Crippen molar-refractivity contribution in [3.8, 4) is 0 Å². The molecule has 12 heavy (non-hydrogen) atoms. The van der Waals surface area contributed by atoms with E-state index in [1.54, 1.807) is 0 Å². The Morgan fingerprint density at radius 1 is 1.50 bits per heavy atom. The highest BCUT2D eigenvalue weighted by molar-refractivity contribution is 5.72. The Labute approximate surface area is 73.5 Å². The smallest absolute Gasteiger partial charge is 0.309 e. The van der Waals surface area contributed by atoms with Crippen molar-refractivity contribution in [2.45, 2.75) is 38.8 Å². The molecule has 1 rings (SSSR count). The minimum Gasteiger partial charge on any atom is -0.469 e. The molecule has 0 amide bonds. The lowest BCUT2D eigenvalue weighted by molar-refractivity contribution is -0.145. The number of carbonyl (C=O) groups is 1. The number of methoxy groups -OCH3 is 1. The van der Waals surface area contributed by atoms with Crippen LogP contribution in [0.5, 0.6) is 0 Å². The molecule has 3 heteroatoms. The molecule has 0 saturated heterocycles. The highest BCUT2D eigenvalue weighted by Crippen LogP contribution is 2.21. The van der Waals surface area contributed by atoms with Crippen molar-refractivity contribution >= 4 is 5.97 Å². The third-order valence-electron chi connectivity index (χ3n) is 2.40. The van der Waals surface area contributed by atoms with E-state index in [2.05, 4.69) is 10.1 Å². The summed E-state index contributed by atoms with van der Waals surface area (Å²) in [5.41, 5.74) is 0. The molecule has 0 heterocycles. The monoisotopic (exact) mass is 171 g/mol. The standard InChI is InChI=1S/C9H17NO2/c1-6(9(11)12-3)7(2)10-8-4-5-8/h6-8,10H,4-5H2,1-3H3. The Bertz CT molecular complexity index is 166. The van der Waals surface area contributed by atoms with Crippen molar-refractivity contribution in [3.05, 3.63) is 0 Å². The number of hydrogen-bond donors (Lipinski definition) is 1. The largest absolute Gasteiger partial charge is 0.469 e. The van der Waals surface area contributed by atoms with Crippen LogP contribution in [0.25, 0.3) is 0 Å². The second-order valence-electron chi connectivity index (χ2n) is 3.54. The van der Waals surface area contributed by atoms with Gasteiger partial charge in [0.25, 0.3) is 0 Å². The van der Waals surface area contributed by atoms with Gasteiger partial charge in [-0.2, -0.15) is 0 Å². The van der Waals surface area contributed by atoms with Crippen LogP contribution < -0.4 is 5.32 Å². The molecule has 0 aromatic rings. The van der Waals surface area contributed by atoms with Gasteiger partial charge in [-0.05, 0) is 19.8 Å². The average molecular weight is 171 g/mol. The number of hydrogen-bond acceptors (Lipinski definition) is 3. The van der Waals surface area contributed by atoms with Crippen LogP contribution >= 0.6 is 0 Å². The maximum absolute atomic E-state index is 11.1. The lowest BCUT2D eigenvalue weighted by Crippen LogP contribution is -2.37. The van der Waals surface area contributed by atoms with Gasteiger partial charge in [0.15, 0.2) is 0 Å². The summed E-state index contributed by atoms with van der Waals surface area (Å²) in [7, 11) is 1.43. The Morgan fingerprint density at radius 2 is 2.08 bits per heavy atom. The number of esters is 1. The fourth-order valence-corrected chi connectivity index (χ4v) is 1.16. The minimum absolute atomic E-state index is 0.0457. The molecule has 1 fully saturated rings. The van der Waals surface area contributed by atoms with Crippen LogP contribution in [0.15, 0.2) is 0 Å². The predicted octanol–water partition coefficient (Wildman–Crippen LogP) is 0.936. The van der Waals surface area contributed by atoms with Gasteiger partial charge in [-0.3, -0.25) is 4.79 Å². The molecular formula is C9H17NO2. The van der Waals surface area contributed by atoms with Crippen LogP contribution in [-0.2, 0) is 9.53 Å². The molecule has 0 bridgehead atoms. The Hall–Kier alpha value is -0.570. The average Bonchev–Trinajstić information content (AvgIpc) is 2.85. The Morgan fingerprint density at radius 3 is 2.50 bits per heavy atom. The summed E-state index contributed by atoms with van der Waals surface area (Å²) in [6.07, 6.45) is 2.50. The zero-order valence-corrected chi connectivity index (χ0v) is 7.96. The maximum Gasteiger partial charge on any atom is 0.309 e. The molecule has 0 aliphatic heterocycles. The lowest BCUT2D eigenvalue weighted by atomic mass is 10.0. The molecule has 0 spiro atoms. The molecule has 0 radical (unpaired) electrons. The van der Waals surface area contributed by atoms with Gasteiger partial charge in [-0.1, -0.05) is 6.92 Å². The first kappa shape index (κ1) is 9.52. The van der Waals surface area contributed by atoms with Gasteiger partial charge in [0.2, 0.25) is 0 Å². The lowest BCUT2D eigenvalue weighted by Gasteiger charge is -2.18.